The normalized spacial score (nSPS) is 10.4. The minimum Gasteiger partial charge on any atom is -0.505 e. The summed E-state index contributed by atoms with van der Waals surface area (Å²) in [7, 11) is 1.69. The molecule has 1 amide bonds. The Hall–Kier alpha value is -1.53. The van der Waals surface area contributed by atoms with E-state index in [9.17, 15) is 9.90 Å². The summed E-state index contributed by atoms with van der Waals surface area (Å²) < 4.78 is 1.00. The van der Waals surface area contributed by atoms with Crippen molar-refractivity contribution in [1.82, 2.24) is 4.90 Å². The highest BCUT2D eigenvalue weighted by atomic mass is 79.9. The van der Waals surface area contributed by atoms with Crippen LogP contribution in [0.3, 0.4) is 0 Å². The van der Waals surface area contributed by atoms with E-state index in [-0.39, 0.29) is 22.9 Å². The third-order valence-corrected chi connectivity index (χ3v) is 4.34. The van der Waals surface area contributed by atoms with Crippen molar-refractivity contribution in [2.24, 2.45) is 0 Å². The van der Waals surface area contributed by atoms with Crippen LogP contribution in [0.25, 0.3) is 0 Å². The predicted molar refractivity (Wildman–Crippen MR) is 80.3 cm³/mol. The van der Waals surface area contributed by atoms with Gasteiger partial charge in [0, 0.05) is 21.8 Å². The Morgan fingerprint density at radius 2 is 2.26 bits per heavy atom. The first kappa shape index (κ1) is 13.9. The summed E-state index contributed by atoms with van der Waals surface area (Å²) in [4.78, 5) is 14.8. The molecule has 2 rings (SSSR count). The van der Waals surface area contributed by atoms with E-state index in [2.05, 4.69) is 15.9 Å². The van der Waals surface area contributed by atoms with Gasteiger partial charge in [-0.2, -0.15) is 0 Å². The number of carbonyl (C=O) groups is 1. The summed E-state index contributed by atoms with van der Waals surface area (Å²) in [5.74, 6) is -0.416. The summed E-state index contributed by atoms with van der Waals surface area (Å²) in [5.41, 5.74) is 6.02. The molecule has 0 saturated heterocycles. The van der Waals surface area contributed by atoms with Gasteiger partial charge in [-0.15, -0.1) is 11.3 Å². The zero-order chi connectivity index (χ0) is 14.0. The second-order valence-electron chi connectivity index (χ2n) is 4.14. The second kappa shape index (κ2) is 5.63. The zero-order valence-electron chi connectivity index (χ0n) is 10.3. The number of benzene rings is 1. The maximum absolute atomic E-state index is 12.2. The molecule has 0 saturated carbocycles. The molecule has 0 aliphatic carbocycles. The number of carbonyl (C=O) groups excluding carboxylic acids is 1. The third kappa shape index (κ3) is 3.08. The Morgan fingerprint density at radius 1 is 1.53 bits per heavy atom. The number of para-hydroxylation sites is 1. The molecule has 2 aromatic rings. The average Bonchev–Trinajstić information content (AvgIpc) is 2.77. The van der Waals surface area contributed by atoms with Crippen molar-refractivity contribution in [2.75, 3.05) is 12.8 Å². The minimum absolute atomic E-state index is 0.160. The number of nitrogens with two attached hydrogens (primary N) is 1. The molecule has 0 radical (unpaired) electrons. The van der Waals surface area contributed by atoms with Gasteiger partial charge < -0.3 is 15.7 Å². The van der Waals surface area contributed by atoms with Gasteiger partial charge in [-0.1, -0.05) is 6.07 Å². The Morgan fingerprint density at radius 3 is 2.89 bits per heavy atom. The Kier molecular flexibility index (Phi) is 4.11. The van der Waals surface area contributed by atoms with Crippen LogP contribution in [0.4, 0.5) is 5.69 Å². The SMILES string of the molecule is CN(Cc1cc(Br)cs1)C(=O)c1cccc(N)c1O. The second-order valence-corrected chi connectivity index (χ2v) is 6.05. The van der Waals surface area contributed by atoms with E-state index in [0.29, 0.717) is 6.54 Å². The first-order chi connectivity index (χ1) is 8.99. The molecule has 0 aliphatic heterocycles. The van der Waals surface area contributed by atoms with Crippen molar-refractivity contribution in [1.29, 1.82) is 0 Å². The fraction of sp³-hybridized carbons (Fsp3) is 0.154. The maximum atomic E-state index is 12.2. The van der Waals surface area contributed by atoms with Gasteiger partial charge >= 0.3 is 0 Å². The molecule has 4 nitrogen and oxygen atoms in total. The van der Waals surface area contributed by atoms with E-state index in [0.717, 1.165) is 9.35 Å². The van der Waals surface area contributed by atoms with E-state index in [4.69, 9.17) is 5.73 Å². The van der Waals surface area contributed by atoms with Gasteiger partial charge in [-0.05, 0) is 34.1 Å². The van der Waals surface area contributed by atoms with Crippen LogP contribution in [0.1, 0.15) is 15.2 Å². The summed E-state index contributed by atoms with van der Waals surface area (Å²) in [6.07, 6.45) is 0. The lowest BCUT2D eigenvalue weighted by Gasteiger charge is -2.17. The molecule has 0 spiro atoms. The minimum atomic E-state index is -0.255. The molecule has 1 aromatic carbocycles. The molecule has 0 unspecified atom stereocenters. The number of phenolic OH excluding ortho intramolecular Hbond substituents is 1. The average molecular weight is 341 g/mol. The van der Waals surface area contributed by atoms with Crippen molar-refractivity contribution in [2.45, 2.75) is 6.54 Å². The number of hydrogen-bond donors (Lipinski definition) is 2. The quantitative estimate of drug-likeness (QED) is 0.666. The van der Waals surface area contributed by atoms with Crippen molar-refractivity contribution in [3.8, 4) is 5.75 Å². The third-order valence-electron chi connectivity index (χ3n) is 2.66. The predicted octanol–water partition coefficient (Wildman–Crippen LogP) is 3.07. The van der Waals surface area contributed by atoms with Crippen LogP contribution in [-0.4, -0.2) is 23.0 Å². The van der Waals surface area contributed by atoms with Crippen LogP contribution in [0.2, 0.25) is 0 Å². The lowest BCUT2D eigenvalue weighted by Crippen LogP contribution is -2.26. The number of phenols is 1. The molecule has 19 heavy (non-hydrogen) atoms. The van der Waals surface area contributed by atoms with Gasteiger partial charge in [0.2, 0.25) is 0 Å². The highest BCUT2D eigenvalue weighted by Crippen LogP contribution is 2.26. The number of nitrogen functional groups attached to an aromatic ring is 1. The number of nitrogens with zero attached hydrogens (tertiary/aromatic N) is 1. The van der Waals surface area contributed by atoms with Gasteiger partial charge in [-0.25, -0.2) is 0 Å². The van der Waals surface area contributed by atoms with Gasteiger partial charge in [0.05, 0.1) is 17.8 Å². The number of thiophene rings is 1. The summed E-state index contributed by atoms with van der Waals surface area (Å²) in [5, 5.41) is 11.8. The smallest absolute Gasteiger partial charge is 0.257 e. The van der Waals surface area contributed by atoms with Crippen LogP contribution < -0.4 is 5.73 Å². The molecule has 0 bridgehead atoms. The molecule has 0 aliphatic rings. The van der Waals surface area contributed by atoms with E-state index >= 15 is 0 Å². The largest absolute Gasteiger partial charge is 0.505 e. The van der Waals surface area contributed by atoms with Crippen LogP contribution in [0, 0.1) is 0 Å². The topological polar surface area (TPSA) is 66.6 Å². The molecule has 1 heterocycles. The number of hydrogen-bond acceptors (Lipinski definition) is 4. The monoisotopic (exact) mass is 340 g/mol. The van der Waals surface area contributed by atoms with Crippen LogP contribution in [-0.2, 0) is 6.54 Å². The molecule has 1 aromatic heterocycles. The molecule has 0 fully saturated rings. The van der Waals surface area contributed by atoms with E-state index in [1.165, 1.54) is 0 Å². The molecule has 100 valence electrons. The molecular weight excluding hydrogens is 328 g/mol. The summed E-state index contributed by atoms with van der Waals surface area (Å²) in [6.45, 7) is 0.489. The van der Waals surface area contributed by atoms with E-state index < -0.39 is 0 Å². The number of anilines is 1. The molecule has 0 atom stereocenters. The van der Waals surface area contributed by atoms with Crippen LogP contribution in [0.15, 0.2) is 34.1 Å². The van der Waals surface area contributed by atoms with Gasteiger partial charge in [0.25, 0.3) is 5.91 Å². The zero-order valence-corrected chi connectivity index (χ0v) is 12.7. The Labute approximate surface area is 123 Å². The highest BCUT2D eigenvalue weighted by Gasteiger charge is 2.17. The van der Waals surface area contributed by atoms with E-state index in [1.54, 1.807) is 41.5 Å². The Balaban J connectivity index is 2.17. The van der Waals surface area contributed by atoms with Gasteiger partial charge in [0.15, 0.2) is 5.75 Å². The molecule has 6 heteroatoms. The van der Waals surface area contributed by atoms with Crippen molar-refractivity contribution in [3.05, 3.63) is 44.6 Å². The van der Waals surface area contributed by atoms with Crippen molar-refractivity contribution in [3.63, 3.8) is 0 Å². The molecule has 3 N–H and O–H groups in total. The Bertz CT molecular complexity index is 612. The highest BCUT2D eigenvalue weighted by molar-refractivity contribution is 9.10. The lowest BCUT2D eigenvalue weighted by atomic mass is 10.1. The van der Waals surface area contributed by atoms with Gasteiger partial charge in [-0.3, -0.25) is 4.79 Å². The number of amides is 1. The molecular formula is C13H13BrN2O2S. The lowest BCUT2D eigenvalue weighted by molar-refractivity contribution is 0.0783. The standard InChI is InChI=1S/C13H13BrN2O2S/c1-16(6-9-5-8(14)7-19-9)13(18)10-3-2-4-11(15)12(10)17/h2-5,7,17H,6,15H2,1H3. The first-order valence-electron chi connectivity index (χ1n) is 5.55. The number of rotatable bonds is 3. The van der Waals surface area contributed by atoms with Gasteiger partial charge in [0.1, 0.15) is 0 Å². The summed E-state index contributed by atoms with van der Waals surface area (Å²) >= 11 is 4.95. The van der Waals surface area contributed by atoms with Crippen LogP contribution in [0.5, 0.6) is 5.75 Å². The van der Waals surface area contributed by atoms with Crippen LogP contribution >= 0.6 is 27.3 Å². The van der Waals surface area contributed by atoms with Crippen molar-refractivity contribution >= 4 is 38.9 Å². The summed E-state index contributed by atoms with van der Waals surface area (Å²) in [6, 6.07) is 6.74. The number of aromatic hydroxyl groups is 1. The number of halogens is 1. The fourth-order valence-electron chi connectivity index (χ4n) is 1.68. The maximum Gasteiger partial charge on any atom is 0.257 e. The fourth-order valence-corrected chi connectivity index (χ4v) is 3.19. The van der Waals surface area contributed by atoms with Crippen molar-refractivity contribution < 1.29 is 9.90 Å². The first-order valence-corrected chi connectivity index (χ1v) is 7.22. The van der Waals surface area contributed by atoms with E-state index in [1.807, 2.05) is 11.4 Å².